The zero-order chi connectivity index (χ0) is 14.7. The Morgan fingerprint density at radius 3 is 2.80 bits per heavy atom. The van der Waals surface area contributed by atoms with Crippen molar-refractivity contribution in [1.29, 1.82) is 5.26 Å². The number of hydrogen-bond acceptors (Lipinski definition) is 4. The van der Waals surface area contributed by atoms with E-state index in [0.29, 0.717) is 29.2 Å². The van der Waals surface area contributed by atoms with Crippen LogP contribution in [0.25, 0.3) is 11.1 Å². The van der Waals surface area contributed by atoms with Gasteiger partial charge in [-0.3, -0.25) is 4.79 Å². The van der Waals surface area contributed by atoms with E-state index in [1.54, 1.807) is 25.1 Å². The molecule has 1 aromatic carbocycles. The molecule has 0 aliphatic heterocycles. The van der Waals surface area contributed by atoms with Crippen LogP contribution in [0.15, 0.2) is 29.1 Å². The quantitative estimate of drug-likeness (QED) is 0.896. The Kier molecular flexibility index (Phi) is 3.76. The Morgan fingerprint density at radius 2 is 2.15 bits per heavy atom. The van der Waals surface area contributed by atoms with Crippen LogP contribution in [-0.4, -0.2) is 16.7 Å². The monoisotopic (exact) mass is 270 g/mol. The summed E-state index contributed by atoms with van der Waals surface area (Å²) in [6.45, 7) is 3.97. The number of phenolic OH excluding ortho intramolecular Hbond substituents is 1. The Labute approximate surface area is 116 Å². The highest BCUT2D eigenvalue weighted by molar-refractivity contribution is 5.72. The van der Waals surface area contributed by atoms with Gasteiger partial charge >= 0.3 is 0 Å². The predicted octanol–water partition coefficient (Wildman–Crippen LogP) is 2.33. The van der Waals surface area contributed by atoms with E-state index in [0.717, 1.165) is 0 Å². The number of aromatic hydroxyl groups is 1. The molecule has 0 radical (unpaired) electrons. The molecule has 2 aromatic rings. The van der Waals surface area contributed by atoms with Crippen molar-refractivity contribution in [1.82, 2.24) is 4.98 Å². The number of nitrogens with one attached hydrogen (secondary N) is 1. The molecule has 1 heterocycles. The second-order valence-electron chi connectivity index (χ2n) is 4.30. The molecule has 0 aliphatic carbocycles. The molecule has 20 heavy (non-hydrogen) atoms. The number of pyridine rings is 1. The summed E-state index contributed by atoms with van der Waals surface area (Å²) in [4.78, 5) is 14.4. The summed E-state index contributed by atoms with van der Waals surface area (Å²) in [7, 11) is 0. The van der Waals surface area contributed by atoms with E-state index >= 15 is 0 Å². The van der Waals surface area contributed by atoms with Crippen LogP contribution in [0, 0.1) is 18.3 Å². The zero-order valence-electron chi connectivity index (χ0n) is 11.2. The zero-order valence-corrected chi connectivity index (χ0v) is 11.2. The lowest BCUT2D eigenvalue weighted by molar-refractivity contribution is 0.318. The first kappa shape index (κ1) is 13.7. The van der Waals surface area contributed by atoms with Gasteiger partial charge in [-0.15, -0.1) is 0 Å². The van der Waals surface area contributed by atoms with Gasteiger partial charge in [0.15, 0.2) is 11.5 Å². The topological polar surface area (TPSA) is 86.1 Å². The van der Waals surface area contributed by atoms with Gasteiger partial charge in [-0.05, 0) is 37.6 Å². The highest BCUT2D eigenvalue weighted by Crippen LogP contribution is 2.32. The lowest BCUT2D eigenvalue weighted by Crippen LogP contribution is -2.12. The second-order valence-corrected chi connectivity index (χ2v) is 4.30. The summed E-state index contributed by atoms with van der Waals surface area (Å²) in [6.07, 6.45) is 0. The number of aryl methyl sites for hydroxylation is 1. The van der Waals surface area contributed by atoms with Crippen LogP contribution in [0.2, 0.25) is 0 Å². The Balaban J connectivity index is 2.66. The van der Waals surface area contributed by atoms with Gasteiger partial charge in [0.25, 0.3) is 5.56 Å². The van der Waals surface area contributed by atoms with Crippen molar-refractivity contribution in [2.45, 2.75) is 13.8 Å². The fourth-order valence-corrected chi connectivity index (χ4v) is 1.98. The third-order valence-corrected chi connectivity index (χ3v) is 2.85. The molecule has 0 saturated carbocycles. The summed E-state index contributed by atoms with van der Waals surface area (Å²) in [5.74, 6) is 0.350. The summed E-state index contributed by atoms with van der Waals surface area (Å²) in [5.41, 5.74) is 1.46. The smallest absolute Gasteiger partial charge is 0.266 e. The summed E-state index contributed by atoms with van der Waals surface area (Å²) in [6, 6.07) is 8.38. The molecule has 0 saturated heterocycles. The molecule has 2 N–H and O–H groups in total. The van der Waals surface area contributed by atoms with Gasteiger partial charge in [-0.25, -0.2) is 0 Å². The van der Waals surface area contributed by atoms with Crippen molar-refractivity contribution in [2.24, 2.45) is 0 Å². The highest BCUT2D eigenvalue weighted by Gasteiger charge is 2.12. The van der Waals surface area contributed by atoms with Crippen LogP contribution in [0.3, 0.4) is 0 Å². The van der Waals surface area contributed by atoms with Gasteiger partial charge in [-0.2, -0.15) is 5.26 Å². The Bertz CT molecular complexity index is 742. The average molecular weight is 270 g/mol. The highest BCUT2D eigenvalue weighted by atomic mass is 16.5. The number of nitriles is 1. The van der Waals surface area contributed by atoms with E-state index in [-0.39, 0.29) is 11.3 Å². The fraction of sp³-hybridized carbons (Fsp3) is 0.200. The molecule has 0 aliphatic rings. The van der Waals surface area contributed by atoms with Crippen LogP contribution in [-0.2, 0) is 0 Å². The SMILES string of the molecule is CCOc1cc(-c2cc(C)[nH]c(=O)c2C#N)ccc1O. The van der Waals surface area contributed by atoms with Gasteiger partial charge in [0, 0.05) is 11.3 Å². The van der Waals surface area contributed by atoms with E-state index in [9.17, 15) is 9.90 Å². The van der Waals surface area contributed by atoms with Crippen LogP contribution in [0.5, 0.6) is 11.5 Å². The third-order valence-electron chi connectivity index (χ3n) is 2.85. The van der Waals surface area contributed by atoms with Crippen LogP contribution >= 0.6 is 0 Å². The number of ether oxygens (including phenoxy) is 1. The fourth-order valence-electron chi connectivity index (χ4n) is 1.98. The van der Waals surface area contributed by atoms with Crippen LogP contribution < -0.4 is 10.3 Å². The first-order valence-corrected chi connectivity index (χ1v) is 6.17. The number of hydrogen-bond donors (Lipinski definition) is 2. The Hall–Kier alpha value is -2.74. The molecule has 5 nitrogen and oxygen atoms in total. The van der Waals surface area contributed by atoms with Crippen molar-refractivity contribution < 1.29 is 9.84 Å². The van der Waals surface area contributed by atoms with Gasteiger partial charge in [0.1, 0.15) is 11.6 Å². The van der Waals surface area contributed by atoms with Gasteiger partial charge in [-0.1, -0.05) is 6.07 Å². The maximum absolute atomic E-state index is 11.8. The lowest BCUT2D eigenvalue weighted by atomic mass is 10.0. The third kappa shape index (κ3) is 2.50. The standard InChI is InChI=1S/C15H14N2O3/c1-3-20-14-7-10(4-5-13(14)18)11-6-9(2)17-15(19)12(11)8-16/h4-7,18H,3H2,1-2H3,(H,17,19). The maximum Gasteiger partial charge on any atom is 0.266 e. The molecule has 2 rings (SSSR count). The lowest BCUT2D eigenvalue weighted by Gasteiger charge is -2.10. The predicted molar refractivity (Wildman–Crippen MR) is 74.8 cm³/mol. The van der Waals surface area contributed by atoms with Crippen LogP contribution in [0.1, 0.15) is 18.2 Å². The molecule has 102 valence electrons. The van der Waals surface area contributed by atoms with Gasteiger partial charge in [0.05, 0.1) is 6.61 Å². The minimum atomic E-state index is -0.423. The number of rotatable bonds is 3. The van der Waals surface area contributed by atoms with Crippen LogP contribution in [0.4, 0.5) is 0 Å². The van der Waals surface area contributed by atoms with E-state index in [1.165, 1.54) is 6.07 Å². The van der Waals surface area contributed by atoms with Crippen molar-refractivity contribution in [2.75, 3.05) is 6.61 Å². The van der Waals surface area contributed by atoms with E-state index in [2.05, 4.69) is 4.98 Å². The largest absolute Gasteiger partial charge is 0.504 e. The van der Waals surface area contributed by atoms with E-state index < -0.39 is 5.56 Å². The number of aromatic nitrogens is 1. The molecule has 0 spiro atoms. The first-order chi connectivity index (χ1) is 9.56. The van der Waals surface area contributed by atoms with Crippen molar-refractivity contribution >= 4 is 0 Å². The van der Waals surface area contributed by atoms with Gasteiger partial charge in [0.2, 0.25) is 0 Å². The average Bonchev–Trinajstić information content (AvgIpc) is 2.41. The molecule has 0 amide bonds. The number of phenols is 1. The minimum Gasteiger partial charge on any atom is -0.504 e. The van der Waals surface area contributed by atoms with Crippen molar-refractivity contribution in [3.63, 3.8) is 0 Å². The van der Waals surface area contributed by atoms with Crippen molar-refractivity contribution in [3.8, 4) is 28.7 Å². The summed E-state index contributed by atoms with van der Waals surface area (Å²) < 4.78 is 5.31. The molecule has 0 atom stereocenters. The number of nitrogens with zero attached hydrogens (tertiary/aromatic N) is 1. The molecule has 1 aromatic heterocycles. The summed E-state index contributed by atoms with van der Waals surface area (Å²) in [5, 5.41) is 18.8. The number of H-pyrrole nitrogens is 1. The molecule has 0 fully saturated rings. The van der Waals surface area contributed by atoms with Gasteiger partial charge < -0.3 is 14.8 Å². The number of benzene rings is 1. The minimum absolute atomic E-state index is 0.0238. The van der Waals surface area contributed by atoms with E-state index in [1.807, 2.05) is 13.0 Å². The maximum atomic E-state index is 11.8. The second kappa shape index (κ2) is 5.49. The molecule has 0 unspecified atom stereocenters. The molecule has 0 bridgehead atoms. The summed E-state index contributed by atoms with van der Waals surface area (Å²) >= 11 is 0. The molecular formula is C15H14N2O3. The van der Waals surface area contributed by atoms with E-state index in [4.69, 9.17) is 10.00 Å². The molecule has 5 heteroatoms. The first-order valence-electron chi connectivity index (χ1n) is 6.17. The Morgan fingerprint density at radius 1 is 1.40 bits per heavy atom. The van der Waals surface area contributed by atoms with Crippen molar-refractivity contribution in [3.05, 3.63) is 45.9 Å². The number of aromatic amines is 1. The molecular weight excluding hydrogens is 256 g/mol. The normalized spacial score (nSPS) is 10.1.